The molecule has 3 N–H and O–H groups in total. The molecule has 0 heterocycles. The SMILES string of the molecule is O=C(Nc1ccccc1NS(=O)(=O)c1ccccc1)c1cccc(NC(=O)C2CCCCC2)c1. The van der Waals surface area contributed by atoms with Crippen molar-refractivity contribution in [2.75, 3.05) is 15.4 Å². The third-order valence-corrected chi connectivity index (χ3v) is 7.22. The highest BCUT2D eigenvalue weighted by molar-refractivity contribution is 7.92. The number of sulfonamides is 1. The van der Waals surface area contributed by atoms with E-state index < -0.39 is 15.9 Å². The fraction of sp³-hybridized carbons (Fsp3) is 0.231. The second kappa shape index (κ2) is 10.5. The number of hydrogen-bond donors (Lipinski definition) is 3. The van der Waals surface area contributed by atoms with Gasteiger partial charge in [0.15, 0.2) is 0 Å². The zero-order valence-electron chi connectivity index (χ0n) is 18.7. The Kier molecular flexibility index (Phi) is 7.27. The van der Waals surface area contributed by atoms with Crippen LogP contribution in [0.1, 0.15) is 42.5 Å². The molecule has 0 bridgehead atoms. The van der Waals surface area contributed by atoms with E-state index in [0.717, 1.165) is 25.7 Å². The lowest BCUT2D eigenvalue weighted by Crippen LogP contribution is -2.24. The molecule has 7 nitrogen and oxygen atoms in total. The molecule has 0 unspecified atom stereocenters. The van der Waals surface area contributed by atoms with Crippen LogP contribution in [-0.4, -0.2) is 20.2 Å². The van der Waals surface area contributed by atoms with E-state index in [1.165, 1.54) is 18.6 Å². The van der Waals surface area contributed by atoms with Gasteiger partial charge in [0.25, 0.3) is 15.9 Å². The van der Waals surface area contributed by atoms with Crippen molar-refractivity contribution in [2.24, 2.45) is 5.92 Å². The van der Waals surface area contributed by atoms with Crippen molar-refractivity contribution in [2.45, 2.75) is 37.0 Å². The van der Waals surface area contributed by atoms with E-state index in [0.29, 0.717) is 16.9 Å². The first-order valence-corrected chi connectivity index (χ1v) is 12.8. The monoisotopic (exact) mass is 477 g/mol. The van der Waals surface area contributed by atoms with Crippen LogP contribution in [0.25, 0.3) is 0 Å². The van der Waals surface area contributed by atoms with E-state index in [1.807, 2.05) is 0 Å². The van der Waals surface area contributed by atoms with Crippen LogP contribution in [0.15, 0.2) is 83.8 Å². The molecule has 0 aromatic heterocycles. The van der Waals surface area contributed by atoms with Crippen molar-refractivity contribution in [3.05, 3.63) is 84.4 Å². The first kappa shape index (κ1) is 23.5. The largest absolute Gasteiger partial charge is 0.326 e. The van der Waals surface area contributed by atoms with E-state index >= 15 is 0 Å². The zero-order valence-corrected chi connectivity index (χ0v) is 19.5. The molecule has 3 aromatic carbocycles. The van der Waals surface area contributed by atoms with Gasteiger partial charge in [0.05, 0.1) is 16.3 Å². The normalized spacial score (nSPS) is 14.2. The average Bonchev–Trinajstić information content (AvgIpc) is 2.86. The Labute approximate surface area is 199 Å². The molecule has 8 heteroatoms. The summed E-state index contributed by atoms with van der Waals surface area (Å²) in [5, 5.41) is 5.69. The van der Waals surface area contributed by atoms with Crippen molar-refractivity contribution in [3.8, 4) is 0 Å². The van der Waals surface area contributed by atoms with E-state index in [9.17, 15) is 18.0 Å². The van der Waals surface area contributed by atoms with Gasteiger partial charge in [-0.2, -0.15) is 0 Å². The topological polar surface area (TPSA) is 104 Å². The Morgan fingerprint density at radius 2 is 1.41 bits per heavy atom. The lowest BCUT2D eigenvalue weighted by molar-refractivity contribution is -0.120. The highest BCUT2D eigenvalue weighted by Crippen LogP contribution is 2.27. The second-order valence-corrected chi connectivity index (χ2v) is 10.0. The van der Waals surface area contributed by atoms with Gasteiger partial charge in [-0.05, 0) is 55.3 Å². The molecule has 0 aliphatic heterocycles. The minimum absolute atomic E-state index is 0.00995. The molecular formula is C26H27N3O4S. The number of amides is 2. The van der Waals surface area contributed by atoms with Crippen molar-refractivity contribution < 1.29 is 18.0 Å². The third-order valence-electron chi connectivity index (χ3n) is 5.84. The van der Waals surface area contributed by atoms with Crippen LogP contribution in [0.2, 0.25) is 0 Å². The number of hydrogen-bond acceptors (Lipinski definition) is 4. The molecule has 3 aromatic rings. The van der Waals surface area contributed by atoms with Crippen LogP contribution >= 0.6 is 0 Å². The summed E-state index contributed by atoms with van der Waals surface area (Å²) >= 11 is 0. The Bertz CT molecular complexity index is 1270. The fourth-order valence-corrected chi connectivity index (χ4v) is 5.13. The molecule has 1 fully saturated rings. The molecule has 34 heavy (non-hydrogen) atoms. The summed E-state index contributed by atoms with van der Waals surface area (Å²) in [6.07, 6.45) is 5.08. The predicted octanol–water partition coefficient (Wildman–Crippen LogP) is 5.26. The van der Waals surface area contributed by atoms with E-state index in [-0.39, 0.29) is 22.4 Å². The Balaban J connectivity index is 1.47. The second-order valence-electron chi connectivity index (χ2n) is 8.32. The molecule has 0 radical (unpaired) electrons. The summed E-state index contributed by atoms with van der Waals surface area (Å²) in [6, 6.07) is 21.3. The van der Waals surface area contributed by atoms with Crippen molar-refractivity contribution in [3.63, 3.8) is 0 Å². The van der Waals surface area contributed by atoms with Gasteiger partial charge in [-0.1, -0.05) is 55.7 Å². The van der Waals surface area contributed by atoms with Crippen LogP contribution in [0.4, 0.5) is 17.1 Å². The Morgan fingerprint density at radius 3 is 2.15 bits per heavy atom. The van der Waals surface area contributed by atoms with E-state index in [4.69, 9.17) is 0 Å². The fourth-order valence-electron chi connectivity index (χ4n) is 4.03. The van der Waals surface area contributed by atoms with Gasteiger partial charge in [-0.3, -0.25) is 14.3 Å². The average molecular weight is 478 g/mol. The van der Waals surface area contributed by atoms with Gasteiger partial charge < -0.3 is 10.6 Å². The van der Waals surface area contributed by atoms with Gasteiger partial charge in [0.2, 0.25) is 5.91 Å². The lowest BCUT2D eigenvalue weighted by atomic mass is 9.88. The first-order valence-electron chi connectivity index (χ1n) is 11.3. The quantitative estimate of drug-likeness (QED) is 0.432. The van der Waals surface area contributed by atoms with Crippen LogP contribution in [0, 0.1) is 5.92 Å². The maximum Gasteiger partial charge on any atom is 0.261 e. The van der Waals surface area contributed by atoms with Gasteiger partial charge in [-0.25, -0.2) is 8.42 Å². The Hall–Kier alpha value is -3.65. The number of carbonyl (C=O) groups is 2. The molecular weight excluding hydrogens is 450 g/mol. The van der Waals surface area contributed by atoms with Gasteiger partial charge in [0.1, 0.15) is 0 Å². The van der Waals surface area contributed by atoms with Crippen LogP contribution < -0.4 is 15.4 Å². The number of benzene rings is 3. The number of nitrogens with one attached hydrogen (secondary N) is 3. The minimum Gasteiger partial charge on any atom is -0.326 e. The highest BCUT2D eigenvalue weighted by atomic mass is 32.2. The molecule has 2 amide bonds. The van der Waals surface area contributed by atoms with Crippen molar-refractivity contribution >= 4 is 38.9 Å². The zero-order chi connectivity index (χ0) is 24.0. The third kappa shape index (κ3) is 5.82. The molecule has 176 valence electrons. The Morgan fingerprint density at radius 1 is 0.735 bits per heavy atom. The summed E-state index contributed by atoms with van der Waals surface area (Å²) < 4.78 is 28.0. The van der Waals surface area contributed by atoms with Gasteiger partial charge in [0, 0.05) is 17.2 Å². The smallest absolute Gasteiger partial charge is 0.261 e. The summed E-state index contributed by atoms with van der Waals surface area (Å²) in [4.78, 5) is 25.6. The molecule has 4 rings (SSSR count). The van der Waals surface area contributed by atoms with Crippen LogP contribution in [-0.2, 0) is 14.8 Å². The number of anilines is 3. The van der Waals surface area contributed by atoms with Crippen LogP contribution in [0.3, 0.4) is 0 Å². The minimum atomic E-state index is -3.82. The molecule has 0 spiro atoms. The summed E-state index contributed by atoms with van der Waals surface area (Å²) in [5.41, 5.74) is 1.48. The maximum absolute atomic E-state index is 12.9. The molecule has 0 atom stereocenters. The molecule has 0 saturated heterocycles. The standard InChI is InChI=1S/C26H27N3O4S/c30-25(19-10-3-1-4-11-19)27-21-13-9-12-20(18-21)26(31)28-23-16-7-8-17-24(23)29-34(32,33)22-14-5-2-6-15-22/h2,5-9,12-19,29H,1,3-4,10-11H2,(H,27,30)(H,28,31). The van der Waals surface area contributed by atoms with Crippen molar-refractivity contribution in [1.29, 1.82) is 0 Å². The van der Waals surface area contributed by atoms with E-state index in [2.05, 4.69) is 15.4 Å². The van der Waals surface area contributed by atoms with Crippen molar-refractivity contribution in [1.82, 2.24) is 0 Å². The predicted molar refractivity (Wildman–Crippen MR) is 133 cm³/mol. The summed E-state index contributed by atoms with van der Waals surface area (Å²) in [7, 11) is -3.82. The number of rotatable bonds is 7. The van der Waals surface area contributed by atoms with Gasteiger partial charge >= 0.3 is 0 Å². The lowest BCUT2D eigenvalue weighted by Gasteiger charge is -2.20. The van der Waals surface area contributed by atoms with Crippen LogP contribution in [0.5, 0.6) is 0 Å². The molecule has 1 saturated carbocycles. The van der Waals surface area contributed by atoms with E-state index in [1.54, 1.807) is 66.7 Å². The number of para-hydroxylation sites is 2. The summed E-state index contributed by atoms with van der Waals surface area (Å²) in [6.45, 7) is 0. The highest BCUT2D eigenvalue weighted by Gasteiger charge is 2.21. The molecule has 1 aliphatic carbocycles. The van der Waals surface area contributed by atoms with Gasteiger partial charge in [-0.15, -0.1) is 0 Å². The first-order chi connectivity index (χ1) is 16.4. The maximum atomic E-state index is 12.9. The summed E-state index contributed by atoms with van der Waals surface area (Å²) in [5.74, 6) is -0.422. The number of carbonyl (C=O) groups excluding carboxylic acids is 2. The molecule has 1 aliphatic rings.